The van der Waals surface area contributed by atoms with E-state index in [1.807, 2.05) is 19.9 Å². The number of hydrogen-bond donors (Lipinski definition) is 1. The van der Waals surface area contributed by atoms with Gasteiger partial charge < -0.3 is 14.6 Å². The lowest BCUT2D eigenvalue weighted by Gasteiger charge is -2.16. The minimum absolute atomic E-state index is 0.0274. The summed E-state index contributed by atoms with van der Waals surface area (Å²) in [6.45, 7) is 4.70. The van der Waals surface area contributed by atoms with E-state index in [4.69, 9.17) is 21.1 Å². The molecule has 0 amide bonds. The third-order valence-electron chi connectivity index (χ3n) is 5.36. The van der Waals surface area contributed by atoms with Gasteiger partial charge >= 0.3 is 0 Å². The Morgan fingerprint density at radius 2 is 1.73 bits per heavy atom. The first kappa shape index (κ1) is 23.9. The predicted octanol–water partition coefficient (Wildman–Crippen LogP) is 4.32. The van der Waals surface area contributed by atoms with Gasteiger partial charge in [-0.1, -0.05) is 23.7 Å². The van der Waals surface area contributed by atoms with Crippen molar-refractivity contribution in [1.82, 2.24) is 4.57 Å². The number of nitriles is 1. The summed E-state index contributed by atoms with van der Waals surface area (Å²) in [5.41, 5.74) is 1.40. The fraction of sp³-hybridized carbons (Fsp3) is 0.240. The van der Waals surface area contributed by atoms with Crippen LogP contribution in [0.4, 0.5) is 0 Å². The number of Topliss-reactive ketones (excluding diaryl/α,β-unsaturated/α-hetero) is 1. The quantitative estimate of drug-likeness (QED) is 0.520. The number of pyridine rings is 1. The van der Waals surface area contributed by atoms with Crippen LogP contribution in [0.3, 0.4) is 0 Å². The Hall–Kier alpha value is -3.76. The third kappa shape index (κ3) is 4.86. The zero-order valence-electron chi connectivity index (χ0n) is 18.7. The summed E-state index contributed by atoms with van der Waals surface area (Å²) in [7, 11) is 1.54. The molecule has 0 unspecified atom stereocenters. The molecule has 1 aromatic heterocycles. The van der Waals surface area contributed by atoms with Crippen LogP contribution in [-0.2, 0) is 6.54 Å². The highest BCUT2D eigenvalue weighted by molar-refractivity contribution is 6.32. The average Bonchev–Trinajstić information content (AvgIpc) is 2.79. The van der Waals surface area contributed by atoms with Crippen molar-refractivity contribution in [3.05, 3.63) is 85.2 Å². The van der Waals surface area contributed by atoms with Gasteiger partial charge in [0, 0.05) is 5.02 Å². The Morgan fingerprint density at radius 3 is 2.27 bits per heavy atom. The van der Waals surface area contributed by atoms with Crippen LogP contribution in [0.1, 0.15) is 38.2 Å². The number of ether oxygens (including phenoxy) is 2. The monoisotopic (exact) mass is 466 g/mol. The second-order valence-electron chi connectivity index (χ2n) is 7.63. The summed E-state index contributed by atoms with van der Waals surface area (Å²) in [5.74, 6) is 0.0178. The fourth-order valence-electron chi connectivity index (χ4n) is 3.56. The van der Waals surface area contributed by atoms with Crippen molar-refractivity contribution >= 4 is 17.4 Å². The van der Waals surface area contributed by atoms with E-state index in [1.54, 1.807) is 36.4 Å². The van der Waals surface area contributed by atoms with Crippen LogP contribution in [0.2, 0.25) is 5.02 Å². The molecule has 0 aliphatic heterocycles. The number of carbonyl (C=O) groups is 1. The number of methoxy groups -OCH3 is 1. The molecule has 0 aliphatic carbocycles. The molecule has 3 aromatic rings. The number of carbonyl (C=O) groups excluding carboxylic acids is 1. The van der Waals surface area contributed by atoms with Crippen LogP contribution in [0.15, 0.2) is 41.2 Å². The van der Waals surface area contributed by atoms with Crippen molar-refractivity contribution in [2.45, 2.75) is 27.3 Å². The molecule has 0 aliphatic rings. The molecule has 8 heteroatoms. The lowest BCUT2D eigenvalue weighted by Crippen LogP contribution is -2.28. The van der Waals surface area contributed by atoms with Gasteiger partial charge in [-0.2, -0.15) is 5.26 Å². The fourth-order valence-corrected chi connectivity index (χ4v) is 3.66. The summed E-state index contributed by atoms with van der Waals surface area (Å²) < 4.78 is 11.8. The molecule has 0 saturated heterocycles. The zero-order valence-corrected chi connectivity index (χ0v) is 19.5. The molecule has 0 bridgehead atoms. The third-order valence-corrected chi connectivity index (χ3v) is 5.95. The van der Waals surface area contributed by atoms with Gasteiger partial charge in [-0.25, -0.2) is 0 Å². The average molecular weight is 467 g/mol. The van der Waals surface area contributed by atoms with E-state index in [9.17, 15) is 20.0 Å². The lowest BCUT2D eigenvalue weighted by molar-refractivity contribution is 0.0916. The normalized spacial score (nSPS) is 10.5. The van der Waals surface area contributed by atoms with Crippen LogP contribution in [-0.4, -0.2) is 29.2 Å². The summed E-state index contributed by atoms with van der Waals surface area (Å²) in [6.07, 6.45) is 0. The van der Waals surface area contributed by atoms with E-state index in [0.717, 1.165) is 15.7 Å². The first-order valence-electron chi connectivity index (χ1n) is 10.1. The highest BCUT2D eigenvalue weighted by Gasteiger charge is 2.24. The number of aromatic hydroxyl groups is 1. The first-order valence-corrected chi connectivity index (χ1v) is 10.5. The van der Waals surface area contributed by atoms with E-state index >= 15 is 0 Å². The number of ketones is 1. The number of aryl methyl sites for hydroxylation is 2. The zero-order chi connectivity index (χ0) is 24.3. The highest BCUT2D eigenvalue weighted by atomic mass is 35.5. The van der Waals surface area contributed by atoms with Gasteiger partial charge in [0.25, 0.3) is 5.56 Å². The maximum atomic E-state index is 13.0. The van der Waals surface area contributed by atoms with Crippen molar-refractivity contribution in [2.24, 2.45) is 0 Å². The number of benzene rings is 2. The van der Waals surface area contributed by atoms with Crippen molar-refractivity contribution < 1.29 is 19.4 Å². The van der Waals surface area contributed by atoms with Gasteiger partial charge in [0.2, 0.25) is 11.7 Å². The molecular formula is C25H23ClN2O5. The largest absolute Gasteiger partial charge is 0.497 e. The maximum absolute atomic E-state index is 13.0. The summed E-state index contributed by atoms with van der Waals surface area (Å²) in [5, 5.41) is 21.0. The van der Waals surface area contributed by atoms with Crippen LogP contribution in [0.25, 0.3) is 0 Å². The van der Waals surface area contributed by atoms with Gasteiger partial charge in [-0.3, -0.25) is 14.2 Å². The Balaban J connectivity index is 1.97. The van der Waals surface area contributed by atoms with Gasteiger partial charge in [-0.05, 0) is 67.3 Å². The van der Waals surface area contributed by atoms with Gasteiger partial charge in [0.05, 0.1) is 19.2 Å². The molecular weight excluding hydrogens is 444 g/mol. The number of halogens is 1. The number of nitrogens with zero attached hydrogens (tertiary/aromatic N) is 2. The van der Waals surface area contributed by atoms with Crippen molar-refractivity contribution in [3.63, 3.8) is 0 Å². The van der Waals surface area contributed by atoms with E-state index in [-0.39, 0.29) is 29.8 Å². The molecule has 170 valence electrons. The predicted molar refractivity (Wildman–Crippen MR) is 125 cm³/mol. The number of rotatable bonds is 7. The summed E-state index contributed by atoms with van der Waals surface area (Å²) in [6, 6.07) is 12.2. The van der Waals surface area contributed by atoms with Crippen molar-refractivity contribution in [2.75, 3.05) is 13.7 Å². The summed E-state index contributed by atoms with van der Waals surface area (Å²) >= 11 is 6.17. The van der Waals surface area contributed by atoms with Crippen molar-refractivity contribution in [3.8, 4) is 23.4 Å². The molecule has 0 radical (unpaired) electrons. The molecule has 0 saturated carbocycles. The molecule has 1 heterocycles. The van der Waals surface area contributed by atoms with Crippen molar-refractivity contribution in [1.29, 1.82) is 5.26 Å². The lowest BCUT2D eigenvalue weighted by atomic mass is 10.0. The van der Waals surface area contributed by atoms with Crippen LogP contribution in [0.5, 0.6) is 17.4 Å². The van der Waals surface area contributed by atoms with E-state index in [2.05, 4.69) is 0 Å². The molecule has 0 spiro atoms. The van der Waals surface area contributed by atoms with Gasteiger partial charge in [-0.15, -0.1) is 0 Å². The second-order valence-corrected chi connectivity index (χ2v) is 8.01. The molecule has 0 atom stereocenters. The van der Waals surface area contributed by atoms with E-state index < -0.39 is 17.2 Å². The SMILES string of the molecule is COc1ccc(Cn2c(O)c(C(=O)COc3cc(C)c(Cl)c(C)c3)c(C)c(C#N)c2=O)cc1. The van der Waals surface area contributed by atoms with Gasteiger partial charge in [0.15, 0.2) is 6.61 Å². The molecule has 1 N–H and O–H groups in total. The maximum Gasteiger partial charge on any atom is 0.271 e. The Labute approximate surface area is 196 Å². The Kier molecular flexibility index (Phi) is 7.10. The topological polar surface area (TPSA) is 102 Å². The minimum atomic E-state index is -0.676. The molecule has 0 fully saturated rings. The second kappa shape index (κ2) is 9.80. The standard InChI is InChI=1S/C25H23ClN2O5/c1-14-9-19(10-15(2)23(14)26)33-13-21(29)22-16(3)20(11-27)24(30)28(25(22)31)12-17-5-7-18(32-4)8-6-17/h5-10,31H,12-13H2,1-4H3. The smallest absolute Gasteiger partial charge is 0.271 e. The first-order chi connectivity index (χ1) is 15.7. The minimum Gasteiger partial charge on any atom is -0.497 e. The van der Waals surface area contributed by atoms with E-state index in [0.29, 0.717) is 22.1 Å². The van der Waals surface area contributed by atoms with E-state index in [1.165, 1.54) is 14.0 Å². The number of aromatic nitrogens is 1. The Bertz CT molecular complexity index is 1300. The Morgan fingerprint density at radius 1 is 1.12 bits per heavy atom. The molecule has 2 aromatic carbocycles. The van der Waals surface area contributed by atoms with Crippen LogP contribution in [0, 0.1) is 32.1 Å². The molecule has 3 rings (SSSR count). The van der Waals surface area contributed by atoms with Crippen LogP contribution < -0.4 is 15.0 Å². The van der Waals surface area contributed by atoms with Crippen LogP contribution >= 0.6 is 11.6 Å². The highest BCUT2D eigenvalue weighted by Crippen LogP contribution is 2.27. The van der Waals surface area contributed by atoms with Gasteiger partial charge in [0.1, 0.15) is 23.1 Å². The summed E-state index contributed by atoms with van der Waals surface area (Å²) in [4.78, 5) is 25.8. The molecule has 33 heavy (non-hydrogen) atoms. The molecule has 7 nitrogen and oxygen atoms in total. The number of hydrogen-bond acceptors (Lipinski definition) is 6.